The van der Waals surface area contributed by atoms with Crippen molar-refractivity contribution in [1.29, 1.82) is 0 Å². The van der Waals surface area contributed by atoms with Crippen LogP contribution in [0.5, 0.6) is 5.75 Å². The van der Waals surface area contributed by atoms with Crippen molar-refractivity contribution in [2.45, 2.75) is 44.1 Å². The molecule has 148 valence electrons. The Hall–Kier alpha value is -2.12. The Bertz CT molecular complexity index is 912. The summed E-state index contributed by atoms with van der Waals surface area (Å²) < 4.78 is 22.9. The van der Waals surface area contributed by atoms with Crippen molar-refractivity contribution in [1.82, 2.24) is 0 Å². The fourth-order valence-corrected chi connectivity index (χ4v) is 3.94. The van der Waals surface area contributed by atoms with Crippen molar-refractivity contribution in [2.24, 2.45) is 0 Å². The molecule has 28 heavy (non-hydrogen) atoms. The van der Waals surface area contributed by atoms with Crippen LogP contribution in [0.2, 0.25) is 5.02 Å². The summed E-state index contributed by atoms with van der Waals surface area (Å²) in [5, 5.41) is 11.4. The minimum Gasteiger partial charge on any atom is -0.497 e. The van der Waals surface area contributed by atoms with E-state index in [9.17, 15) is 9.90 Å². The van der Waals surface area contributed by atoms with Crippen LogP contribution < -0.4 is 4.74 Å². The summed E-state index contributed by atoms with van der Waals surface area (Å²) in [6.07, 6.45) is -3.16. The Morgan fingerprint density at radius 1 is 1.14 bits per heavy atom. The number of fused-ring (bicyclic) bond motifs is 3. The number of ether oxygens (including phenoxy) is 4. The first kappa shape index (κ1) is 19.2. The third kappa shape index (κ3) is 3.37. The highest BCUT2D eigenvalue weighted by Crippen LogP contribution is 2.49. The first-order valence-electron chi connectivity index (χ1n) is 8.97. The van der Waals surface area contributed by atoms with Crippen LogP contribution in [0.25, 0.3) is 0 Å². The van der Waals surface area contributed by atoms with E-state index in [-0.39, 0.29) is 0 Å². The molecule has 1 aliphatic carbocycles. The fraction of sp³-hybridized carbons (Fsp3) is 0.381. The molecule has 6 nitrogen and oxygen atoms in total. The van der Waals surface area contributed by atoms with Gasteiger partial charge in [-0.3, -0.25) is 0 Å². The number of methoxy groups -OCH3 is 1. The Kier molecular flexibility index (Phi) is 4.83. The summed E-state index contributed by atoms with van der Waals surface area (Å²) in [7, 11) is 1.57. The summed E-state index contributed by atoms with van der Waals surface area (Å²) in [6, 6.07) is 11.8. The van der Waals surface area contributed by atoms with Gasteiger partial charge in [-0.05, 0) is 49.7 Å². The van der Waals surface area contributed by atoms with Gasteiger partial charge in [0.15, 0.2) is 11.9 Å². The summed E-state index contributed by atoms with van der Waals surface area (Å²) >= 11 is 5.97. The number of rotatable bonds is 3. The molecular formula is C21H21ClO6. The quantitative estimate of drug-likeness (QED) is 0.784. The lowest BCUT2D eigenvalue weighted by Gasteiger charge is -2.36. The average Bonchev–Trinajstić information content (AvgIpc) is 3.00. The van der Waals surface area contributed by atoms with Crippen LogP contribution in [0.3, 0.4) is 0 Å². The largest absolute Gasteiger partial charge is 0.497 e. The van der Waals surface area contributed by atoms with Crippen LogP contribution in [-0.4, -0.2) is 36.2 Å². The molecule has 7 heteroatoms. The van der Waals surface area contributed by atoms with Gasteiger partial charge in [-0.15, -0.1) is 0 Å². The summed E-state index contributed by atoms with van der Waals surface area (Å²) in [4.78, 5) is 12.7. The van der Waals surface area contributed by atoms with E-state index < -0.39 is 36.2 Å². The molecule has 0 amide bonds. The molecule has 4 atom stereocenters. The monoisotopic (exact) mass is 404 g/mol. The number of hydrogen-bond acceptors (Lipinski definition) is 6. The third-order valence-electron chi connectivity index (χ3n) is 4.98. The minimum absolute atomic E-state index is 0.306. The molecule has 0 aromatic heterocycles. The van der Waals surface area contributed by atoms with Crippen LogP contribution in [0.15, 0.2) is 42.5 Å². The summed E-state index contributed by atoms with van der Waals surface area (Å²) in [5.41, 5.74) is 1.73. The van der Waals surface area contributed by atoms with E-state index >= 15 is 0 Å². The molecule has 1 heterocycles. The number of benzene rings is 2. The maximum atomic E-state index is 12.7. The maximum absolute atomic E-state index is 12.7. The highest BCUT2D eigenvalue weighted by Gasteiger charge is 2.53. The SMILES string of the molecule is COc1ccc2c(c1)[C@H]1OC(C)(C)O[C@H]1[C@H](O)[C@@H]2OC(=O)c1cccc(Cl)c1. The topological polar surface area (TPSA) is 74.2 Å². The normalized spacial score (nSPS) is 27.6. The molecule has 2 aromatic carbocycles. The Labute approximate surface area is 167 Å². The second-order valence-electron chi connectivity index (χ2n) is 7.34. The average molecular weight is 405 g/mol. The van der Waals surface area contributed by atoms with Gasteiger partial charge in [-0.25, -0.2) is 4.79 Å². The Balaban J connectivity index is 1.72. The van der Waals surface area contributed by atoms with Crippen LogP contribution in [0, 0.1) is 0 Å². The Morgan fingerprint density at radius 2 is 1.93 bits per heavy atom. The second-order valence-corrected chi connectivity index (χ2v) is 7.78. The van der Waals surface area contributed by atoms with Crippen molar-refractivity contribution in [3.63, 3.8) is 0 Å². The zero-order valence-electron chi connectivity index (χ0n) is 15.7. The van der Waals surface area contributed by atoms with E-state index in [0.29, 0.717) is 21.9 Å². The number of carbonyl (C=O) groups excluding carboxylic acids is 1. The van der Waals surface area contributed by atoms with Crippen molar-refractivity contribution < 1.29 is 28.8 Å². The standard InChI is InChI=1S/C21H21ClO6/c1-21(2)27-18-15-10-13(25-3)7-8-14(15)17(16(23)19(18)28-21)26-20(24)11-5-4-6-12(22)9-11/h4-10,16-19,23H,1-3H3/t16-,17-,18-,19+/m1/s1. The molecule has 2 aliphatic rings. The van der Waals surface area contributed by atoms with Crippen molar-refractivity contribution in [3.05, 3.63) is 64.2 Å². The lowest BCUT2D eigenvalue weighted by molar-refractivity contribution is -0.161. The van der Waals surface area contributed by atoms with E-state index in [4.69, 9.17) is 30.5 Å². The van der Waals surface area contributed by atoms with Crippen molar-refractivity contribution >= 4 is 17.6 Å². The van der Waals surface area contributed by atoms with E-state index in [1.54, 1.807) is 51.3 Å². The molecule has 0 saturated carbocycles. The number of halogens is 1. The van der Waals surface area contributed by atoms with Crippen LogP contribution in [0.1, 0.15) is 47.5 Å². The van der Waals surface area contributed by atoms with Gasteiger partial charge in [0.05, 0.1) is 12.7 Å². The highest BCUT2D eigenvalue weighted by molar-refractivity contribution is 6.30. The lowest BCUT2D eigenvalue weighted by Crippen LogP contribution is -2.42. The maximum Gasteiger partial charge on any atom is 0.338 e. The number of aliphatic hydroxyl groups excluding tert-OH is 1. The van der Waals surface area contributed by atoms with Crippen LogP contribution in [-0.2, 0) is 14.2 Å². The number of carbonyl (C=O) groups is 1. The van der Waals surface area contributed by atoms with E-state index in [1.165, 1.54) is 6.07 Å². The highest BCUT2D eigenvalue weighted by atomic mass is 35.5. The molecule has 0 bridgehead atoms. The zero-order valence-corrected chi connectivity index (χ0v) is 16.5. The molecule has 1 saturated heterocycles. The van der Waals surface area contributed by atoms with Gasteiger partial charge < -0.3 is 24.1 Å². The predicted octanol–water partition coefficient (Wildman–Crippen LogP) is 3.81. The smallest absolute Gasteiger partial charge is 0.338 e. The van der Waals surface area contributed by atoms with Gasteiger partial charge in [0, 0.05) is 10.6 Å². The van der Waals surface area contributed by atoms with Gasteiger partial charge >= 0.3 is 5.97 Å². The molecule has 1 fully saturated rings. The first-order chi connectivity index (χ1) is 13.3. The number of hydrogen-bond donors (Lipinski definition) is 1. The molecular weight excluding hydrogens is 384 g/mol. The van der Waals surface area contributed by atoms with Gasteiger partial charge in [-0.1, -0.05) is 23.7 Å². The van der Waals surface area contributed by atoms with E-state index in [1.807, 2.05) is 6.07 Å². The Morgan fingerprint density at radius 3 is 2.64 bits per heavy atom. The van der Waals surface area contributed by atoms with Gasteiger partial charge in [-0.2, -0.15) is 0 Å². The van der Waals surface area contributed by atoms with E-state index in [0.717, 1.165) is 5.56 Å². The zero-order chi connectivity index (χ0) is 20.1. The lowest BCUT2D eigenvalue weighted by atomic mass is 9.83. The summed E-state index contributed by atoms with van der Waals surface area (Å²) in [6.45, 7) is 3.57. The molecule has 0 radical (unpaired) electrons. The molecule has 1 aliphatic heterocycles. The van der Waals surface area contributed by atoms with Gasteiger partial charge in [0.2, 0.25) is 0 Å². The van der Waals surface area contributed by atoms with Crippen LogP contribution >= 0.6 is 11.6 Å². The molecule has 2 aromatic rings. The van der Waals surface area contributed by atoms with Crippen molar-refractivity contribution in [2.75, 3.05) is 7.11 Å². The van der Waals surface area contributed by atoms with Gasteiger partial charge in [0.25, 0.3) is 0 Å². The third-order valence-corrected chi connectivity index (χ3v) is 5.21. The molecule has 0 spiro atoms. The van der Waals surface area contributed by atoms with Crippen molar-refractivity contribution in [3.8, 4) is 5.75 Å². The summed E-state index contributed by atoms with van der Waals surface area (Å²) in [5.74, 6) is -0.810. The minimum atomic E-state index is -1.09. The van der Waals surface area contributed by atoms with E-state index in [2.05, 4.69) is 0 Å². The number of esters is 1. The van der Waals surface area contributed by atoms with Gasteiger partial charge in [0.1, 0.15) is 24.1 Å². The molecule has 0 unspecified atom stereocenters. The fourth-order valence-electron chi connectivity index (χ4n) is 3.75. The second kappa shape index (κ2) is 7.04. The van der Waals surface area contributed by atoms with Crippen LogP contribution in [0.4, 0.5) is 0 Å². The molecule has 4 rings (SSSR count). The number of aliphatic hydroxyl groups is 1. The first-order valence-corrected chi connectivity index (χ1v) is 9.35. The molecule has 1 N–H and O–H groups in total. The predicted molar refractivity (Wildman–Crippen MR) is 101 cm³/mol.